The van der Waals surface area contributed by atoms with Crippen LogP contribution >= 0.6 is 0 Å². The van der Waals surface area contributed by atoms with Gasteiger partial charge in [0.15, 0.2) is 23.0 Å². The first kappa shape index (κ1) is 22.9. The number of benzene rings is 2. The van der Waals surface area contributed by atoms with E-state index in [0.717, 1.165) is 0 Å². The SMILES string of the molecule is COc1ccc(NC(=O)CCCCC(=O)Nc2ccc(OC)c(OC)c2)cc1OC. The van der Waals surface area contributed by atoms with Gasteiger partial charge in [0.05, 0.1) is 28.4 Å². The molecule has 0 aromatic heterocycles. The molecule has 0 radical (unpaired) electrons. The van der Waals surface area contributed by atoms with E-state index >= 15 is 0 Å². The average Bonchev–Trinajstić information content (AvgIpc) is 2.76. The van der Waals surface area contributed by atoms with E-state index in [1.165, 1.54) is 14.2 Å². The van der Waals surface area contributed by atoms with Crippen LogP contribution in [0.2, 0.25) is 0 Å². The van der Waals surface area contributed by atoms with E-state index in [-0.39, 0.29) is 11.8 Å². The third-order valence-corrected chi connectivity index (χ3v) is 4.39. The minimum atomic E-state index is -0.123. The zero-order valence-corrected chi connectivity index (χ0v) is 17.7. The van der Waals surface area contributed by atoms with Crippen molar-refractivity contribution in [3.63, 3.8) is 0 Å². The van der Waals surface area contributed by atoms with E-state index < -0.39 is 0 Å². The molecule has 2 aromatic carbocycles. The number of amides is 2. The van der Waals surface area contributed by atoms with Crippen LogP contribution in [-0.4, -0.2) is 40.3 Å². The van der Waals surface area contributed by atoms with Gasteiger partial charge in [-0.3, -0.25) is 9.59 Å². The standard InChI is InChI=1S/C22H28N2O6/c1-27-17-11-9-15(13-19(17)29-3)23-21(25)7-5-6-8-22(26)24-16-10-12-18(28-2)20(14-16)30-4/h9-14H,5-8H2,1-4H3,(H,23,25)(H,24,26). The summed E-state index contributed by atoms with van der Waals surface area (Å²) in [5.41, 5.74) is 1.26. The first-order valence-electron chi connectivity index (χ1n) is 9.54. The molecule has 0 heterocycles. The molecule has 2 N–H and O–H groups in total. The van der Waals surface area contributed by atoms with Crippen LogP contribution in [0.1, 0.15) is 25.7 Å². The number of unbranched alkanes of at least 4 members (excludes halogenated alkanes) is 1. The molecule has 0 aliphatic heterocycles. The Hall–Kier alpha value is -3.42. The molecular formula is C22H28N2O6. The van der Waals surface area contributed by atoms with Crippen molar-refractivity contribution in [2.75, 3.05) is 39.1 Å². The second-order valence-corrected chi connectivity index (χ2v) is 6.44. The monoisotopic (exact) mass is 416 g/mol. The molecule has 0 aliphatic rings. The zero-order valence-electron chi connectivity index (χ0n) is 17.7. The highest BCUT2D eigenvalue weighted by Crippen LogP contribution is 2.30. The van der Waals surface area contributed by atoms with Gasteiger partial charge in [0.25, 0.3) is 0 Å². The Balaban J connectivity index is 1.74. The highest BCUT2D eigenvalue weighted by atomic mass is 16.5. The molecule has 2 rings (SSSR count). The summed E-state index contributed by atoms with van der Waals surface area (Å²) in [4.78, 5) is 24.2. The Morgan fingerprint density at radius 3 is 1.33 bits per heavy atom. The van der Waals surface area contributed by atoms with Crippen molar-refractivity contribution in [2.24, 2.45) is 0 Å². The molecule has 0 spiro atoms. The second kappa shape index (κ2) is 11.5. The van der Waals surface area contributed by atoms with Gasteiger partial charge in [0, 0.05) is 36.3 Å². The predicted octanol–water partition coefficient (Wildman–Crippen LogP) is 3.86. The van der Waals surface area contributed by atoms with Crippen LogP contribution in [0, 0.1) is 0 Å². The number of anilines is 2. The van der Waals surface area contributed by atoms with Crippen LogP contribution in [0.5, 0.6) is 23.0 Å². The molecule has 2 amide bonds. The van der Waals surface area contributed by atoms with E-state index in [9.17, 15) is 9.59 Å². The van der Waals surface area contributed by atoms with Crippen LogP contribution in [0.4, 0.5) is 11.4 Å². The molecule has 0 aliphatic carbocycles. The molecule has 162 valence electrons. The smallest absolute Gasteiger partial charge is 0.224 e. The lowest BCUT2D eigenvalue weighted by molar-refractivity contribution is -0.118. The van der Waals surface area contributed by atoms with Crippen LogP contribution in [-0.2, 0) is 9.59 Å². The quantitative estimate of drug-likeness (QED) is 0.540. The maximum atomic E-state index is 12.1. The molecule has 8 nitrogen and oxygen atoms in total. The van der Waals surface area contributed by atoms with E-state index in [4.69, 9.17) is 18.9 Å². The number of nitrogens with one attached hydrogen (secondary N) is 2. The minimum Gasteiger partial charge on any atom is -0.493 e. The van der Waals surface area contributed by atoms with Crippen molar-refractivity contribution in [3.8, 4) is 23.0 Å². The normalized spacial score (nSPS) is 10.1. The molecule has 0 saturated heterocycles. The third kappa shape index (κ3) is 6.58. The molecule has 0 fully saturated rings. The van der Waals surface area contributed by atoms with Gasteiger partial charge < -0.3 is 29.6 Å². The Kier molecular flexibility index (Phi) is 8.80. The second-order valence-electron chi connectivity index (χ2n) is 6.44. The number of rotatable bonds is 11. The largest absolute Gasteiger partial charge is 0.493 e. The van der Waals surface area contributed by atoms with Crippen LogP contribution in [0.15, 0.2) is 36.4 Å². The molecule has 0 saturated carbocycles. The maximum absolute atomic E-state index is 12.1. The van der Waals surface area contributed by atoms with Crippen molar-refractivity contribution >= 4 is 23.2 Å². The van der Waals surface area contributed by atoms with E-state index in [1.54, 1.807) is 50.6 Å². The Bertz CT molecular complexity index is 797. The summed E-state index contributed by atoms with van der Waals surface area (Å²) in [6.07, 6.45) is 1.83. The lowest BCUT2D eigenvalue weighted by Gasteiger charge is -2.11. The van der Waals surface area contributed by atoms with Gasteiger partial charge >= 0.3 is 0 Å². The summed E-state index contributed by atoms with van der Waals surface area (Å²) in [6, 6.07) is 10.4. The predicted molar refractivity (Wildman–Crippen MR) is 115 cm³/mol. The molecule has 0 unspecified atom stereocenters. The number of ether oxygens (including phenoxy) is 4. The van der Waals surface area contributed by atoms with Gasteiger partial charge in [-0.15, -0.1) is 0 Å². The molecular weight excluding hydrogens is 388 g/mol. The van der Waals surface area contributed by atoms with Crippen molar-refractivity contribution in [1.29, 1.82) is 0 Å². The van der Waals surface area contributed by atoms with Crippen molar-refractivity contribution in [2.45, 2.75) is 25.7 Å². The lowest BCUT2D eigenvalue weighted by atomic mass is 10.1. The molecule has 8 heteroatoms. The number of methoxy groups -OCH3 is 4. The van der Waals surface area contributed by atoms with Gasteiger partial charge in [-0.05, 0) is 37.1 Å². The highest BCUT2D eigenvalue weighted by molar-refractivity contribution is 5.92. The van der Waals surface area contributed by atoms with Crippen LogP contribution in [0.3, 0.4) is 0 Å². The molecule has 2 aromatic rings. The zero-order chi connectivity index (χ0) is 21.9. The minimum absolute atomic E-state index is 0.123. The number of carbonyl (C=O) groups excluding carboxylic acids is 2. The lowest BCUT2D eigenvalue weighted by Crippen LogP contribution is -2.13. The topological polar surface area (TPSA) is 95.1 Å². The number of hydrogen-bond acceptors (Lipinski definition) is 6. The van der Waals surface area contributed by atoms with E-state index in [1.807, 2.05) is 0 Å². The summed E-state index contributed by atoms with van der Waals surface area (Å²) < 4.78 is 20.8. The third-order valence-electron chi connectivity index (χ3n) is 4.39. The maximum Gasteiger partial charge on any atom is 0.224 e. The fourth-order valence-corrected chi connectivity index (χ4v) is 2.85. The summed E-state index contributed by atoms with van der Waals surface area (Å²) in [5, 5.41) is 5.64. The van der Waals surface area contributed by atoms with Gasteiger partial charge in [0.2, 0.25) is 11.8 Å². The Labute approximate surface area is 176 Å². The molecule has 30 heavy (non-hydrogen) atoms. The van der Waals surface area contributed by atoms with Gasteiger partial charge in [-0.1, -0.05) is 0 Å². The highest BCUT2D eigenvalue weighted by Gasteiger charge is 2.10. The fraction of sp³-hybridized carbons (Fsp3) is 0.364. The fourth-order valence-electron chi connectivity index (χ4n) is 2.85. The van der Waals surface area contributed by atoms with Gasteiger partial charge in [0.1, 0.15) is 0 Å². The first-order chi connectivity index (χ1) is 14.5. The van der Waals surface area contributed by atoms with Crippen molar-refractivity contribution in [1.82, 2.24) is 0 Å². The van der Waals surface area contributed by atoms with Crippen molar-refractivity contribution < 1.29 is 28.5 Å². The van der Waals surface area contributed by atoms with Crippen molar-refractivity contribution in [3.05, 3.63) is 36.4 Å². The Morgan fingerprint density at radius 1 is 0.633 bits per heavy atom. The number of carbonyl (C=O) groups is 2. The van der Waals surface area contributed by atoms with Gasteiger partial charge in [-0.2, -0.15) is 0 Å². The summed E-state index contributed by atoms with van der Waals surface area (Å²) >= 11 is 0. The molecule has 0 bridgehead atoms. The van der Waals surface area contributed by atoms with E-state index in [2.05, 4.69) is 10.6 Å². The van der Waals surface area contributed by atoms with E-state index in [0.29, 0.717) is 60.1 Å². The average molecular weight is 416 g/mol. The summed E-state index contributed by atoms with van der Waals surface area (Å²) in [6.45, 7) is 0. The van der Waals surface area contributed by atoms with Gasteiger partial charge in [-0.25, -0.2) is 0 Å². The van der Waals surface area contributed by atoms with Crippen LogP contribution < -0.4 is 29.6 Å². The Morgan fingerprint density at radius 2 is 1.00 bits per heavy atom. The first-order valence-corrected chi connectivity index (χ1v) is 9.54. The molecule has 0 atom stereocenters. The summed E-state index contributed by atoms with van der Waals surface area (Å²) in [5.74, 6) is 2.03. The number of hydrogen-bond donors (Lipinski definition) is 2. The summed E-state index contributed by atoms with van der Waals surface area (Å²) in [7, 11) is 6.18. The van der Waals surface area contributed by atoms with Crippen LogP contribution in [0.25, 0.3) is 0 Å².